The van der Waals surface area contributed by atoms with Crippen LogP contribution >= 0.6 is 0 Å². The molecule has 1 aliphatic heterocycles. The minimum Gasteiger partial charge on any atom is -0.456 e. The highest BCUT2D eigenvalue weighted by atomic mass is 16.6. The largest absolute Gasteiger partial charge is 0.456 e. The van der Waals surface area contributed by atoms with E-state index in [-0.39, 0.29) is 12.1 Å². The number of imidazole rings is 2. The Hall–Kier alpha value is -4.33. The summed E-state index contributed by atoms with van der Waals surface area (Å²) < 4.78 is 12.1. The summed E-state index contributed by atoms with van der Waals surface area (Å²) in [6.07, 6.45) is 7.17. The van der Waals surface area contributed by atoms with Crippen LogP contribution in [0.1, 0.15) is 82.2 Å². The monoisotopic (exact) mass is 563 g/mol. The van der Waals surface area contributed by atoms with Crippen molar-refractivity contribution >= 4 is 17.1 Å². The van der Waals surface area contributed by atoms with Crippen LogP contribution in [0.3, 0.4) is 0 Å². The summed E-state index contributed by atoms with van der Waals surface area (Å²) in [5, 5.41) is 1.17. The summed E-state index contributed by atoms with van der Waals surface area (Å²) in [5.74, 6) is 3.12. The first kappa shape index (κ1) is 26.6. The molecular formula is C34H37N5O3. The molecule has 8 nitrogen and oxygen atoms in total. The minimum absolute atomic E-state index is 0.104. The third kappa shape index (κ3) is 4.68. The third-order valence-electron chi connectivity index (χ3n) is 8.34. The molecule has 1 saturated heterocycles. The summed E-state index contributed by atoms with van der Waals surface area (Å²) in [6, 6.07) is 12.8. The van der Waals surface area contributed by atoms with Crippen LogP contribution < -0.4 is 0 Å². The fourth-order valence-corrected chi connectivity index (χ4v) is 6.25. The molecule has 2 N–H and O–H groups in total. The van der Waals surface area contributed by atoms with E-state index in [1.165, 1.54) is 16.5 Å². The second-order valence-electron chi connectivity index (χ2n) is 12.8. The Morgan fingerprint density at radius 3 is 2.57 bits per heavy atom. The van der Waals surface area contributed by atoms with Gasteiger partial charge in [0.05, 0.1) is 29.8 Å². The van der Waals surface area contributed by atoms with Crippen LogP contribution in [0.15, 0.2) is 53.2 Å². The van der Waals surface area contributed by atoms with Gasteiger partial charge in [0.1, 0.15) is 28.6 Å². The smallest absolute Gasteiger partial charge is 0.410 e. The van der Waals surface area contributed by atoms with Crippen molar-refractivity contribution in [3.8, 4) is 33.8 Å². The number of amides is 1. The van der Waals surface area contributed by atoms with Crippen molar-refractivity contribution in [2.24, 2.45) is 0 Å². The van der Waals surface area contributed by atoms with Crippen molar-refractivity contribution in [3.05, 3.63) is 71.6 Å². The van der Waals surface area contributed by atoms with Gasteiger partial charge in [0.2, 0.25) is 0 Å². The lowest BCUT2D eigenvalue weighted by Crippen LogP contribution is -2.36. The van der Waals surface area contributed by atoms with Crippen molar-refractivity contribution < 1.29 is 13.9 Å². The molecule has 8 heteroatoms. The number of H-pyrrole nitrogens is 2. The molecule has 1 amide bonds. The quantitative estimate of drug-likeness (QED) is 0.230. The number of hydrogen-bond donors (Lipinski definition) is 2. The SMILES string of the molecule is CC(C)c1ncc(-c2ccc3oc4c(c3c2)CCc2cc(-c3cnc(C5CCCN5C(=O)OC(C)(C)C)[nH]3)ccc2-4)[nH]1. The molecule has 0 bridgehead atoms. The average molecular weight is 564 g/mol. The summed E-state index contributed by atoms with van der Waals surface area (Å²) in [6.45, 7) is 10.6. The Morgan fingerprint density at radius 1 is 1.02 bits per heavy atom. The van der Waals surface area contributed by atoms with Gasteiger partial charge in [0.25, 0.3) is 0 Å². The van der Waals surface area contributed by atoms with Crippen LogP contribution in [-0.2, 0) is 17.6 Å². The van der Waals surface area contributed by atoms with Crippen molar-refractivity contribution in [2.45, 2.75) is 77.9 Å². The Balaban J connectivity index is 1.16. The van der Waals surface area contributed by atoms with Crippen molar-refractivity contribution in [3.63, 3.8) is 0 Å². The van der Waals surface area contributed by atoms with Gasteiger partial charge in [-0.05, 0) is 81.8 Å². The standard InChI is InChI=1S/C34H37N5O3/c1-19(2)31-35-17-27(37-31)22-10-13-29-25(16-22)24-12-8-20-15-21(9-11-23(20)30(24)41-29)26-18-36-32(38-26)28-7-6-14-39(28)33(40)42-34(3,4)5/h9-11,13,15-19,28H,6-8,12,14H2,1-5H3,(H,35,37)(H,36,38). The Labute approximate surface area is 245 Å². The van der Waals surface area contributed by atoms with E-state index in [4.69, 9.17) is 14.1 Å². The zero-order valence-corrected chi connectivity index (χ0v) is 24.9. The number of aryl methyl sites for hydroxylation is 2. The number of nitrogens with zero attached hydrogens (tertiary/aromatic N) is 3. The lowest BCUT2D eigenvalue weighted by molar-refractivity contribution is 0.0218. The van der Waals surface area contributed by atoms with E-state index < -0.39 is 5.60 Å². The molecule has 42 heavy (non-hydrogen) atoms. The Kier molecular flexibility index (Phi) is 6.26. The van der Waals surface area contributed by atoms with Gasteiger partial charge in [-0.1, -0.05) is 26.0 Å². The Bertz CT molecular complexity index is 1800. The summed E-state index contributed by atoms with van der Waals surface area (Å²) in [5.41, 5.74) is 8.24. The maximum absolute atomic E-state index is 12.8. The molecule has 5 aromatic rings. The highest BCUT2D eigenvalue weighted by Crippen LogP contribution is 2.42. The van der Waals surface area contributed by atoms with Crippen LogP contribution in [0.25, 0.3) is 44.8 Å². The number of aromatic amines is 2. The van der Waals surface area contributed by atoms with Gasteiger partial charge in [-0.2, -0.15) is 0 Å². The highest BCUT2D eigenvalue weighted by Gasteiger charge is 2.35. The van der Waals surface area contributed by atoms with Crippen LogP contribution in [0, 0.1) is 0 Å². The number of hydrogen-bond acceptors (Lipinski definition) is 5. The zero-order valence-electron chi connectivity index (χ0n) is 24.9. The van der Waals surface area contributed by atoms with Crippen LogP contribution in [0.2, 0.25) is 0 Å². The lowest BCUT2D eigenvalue weighted by atomic mass is 9.88. The zero-order chi connectivity index (χ0) is 29.2. The van der Waals surface area contributed by atoms with Gasteiger partial charge in [-0.15, -0.1) is 0 Å². The molecule has 1 aliphatic carbocycles. The second kappa shape index (κ2) is 9.89. The normalized spacial score (nSPS) is 16.7. The number of carbonyl (C=O) groups is 1. The third-order valence-corrected chi connectivity index (χ3v) is 8.34. The van der Waals surface area contributed by atoms with E-state index in [2.05, 4.69) is 65.2 Å². The van der Waals surface area contributed by atoms with Crippen molar-refractivity contribution in [2.75, 3.05) is 6.54 Å². The van der Waals surface area contributed by atoms with Crippen molar-refractivity contribution in [1.82, 2.24) is 24.8 Å². The average Bonchev–Trinajstić information content (AvgIpc) is 3.76. The molecule has 0 saturated carbocycles. The maximum atomic E-state index is 12.8. The van der Waals surface area contributed by atoms with E-state index in [1.54, 1.807) is 4.90 Å². The molecule has 216 valence electrons. The predicted octanol–water partition coefficient (Wildman–Crippen LogP) is 8.17. The number of furan rings is 1. The number of rotatable bonds is 4. The molecule has 1 fully saturated rings. The molecule has 1 unspecified atom stereocenters. The van der Waals surface area contributed by atoms with Crippen LogP contribution in [0.5, 0.6) is 0 Å². The van der Waals surface area contributed by atoms with Crippen LogP contribution in [-0.4, -0.2) is 43.1 Å². The van der Waals surface area contributed by atoms with E-state index >= 15 is 0 Å². The van der Waals surface area contributed by atoms with E-state index in [9.17, 15) is 4.79 Å². The van der Waals surface area contributed by atoms with Crippen LogP contribution in [0.4, 0.5) is 4.79 Å². The van der Waals surface area contributed by atoms with E-state index in [0.29, 0.717) is 12.5 Å². The van der Waals surface area contributed by atoms with E-state index in [0.717, 1.165) is 76.8 Å². The first-order valence-electron chi connectivity index (χ1n) is 14.9. The number of benzene rings is 2. The van der Waals surface area contributed by atoms with Gasteiger partial charge in [-0.3, -0.25) is 4.90 Å². The van der Waals surface area contributed by atoms with Gasteiger partial charge >= 0.3 is 6.09 Å². The summed E-state index contributed by atoms with van der Waals surface area (Å²) >= 11 is 0. The number of carbonyl (C=O) groups excluding carboxylic acids is 1. The lowest BCUT2D eigenvalue weighted by Gasteiger charge is -2.27. The Morgan fingerprint density at radius 2 is 1.79 bits per heavy atom. The summed E-state index contributed by atoms with van der Waals surface area (Å²) in [4.78, 5) is 30.8. The number of aromatic nitrogens is 4. The predicted molar refractivity (Wildman–Crippen MR) is 163 cm³/mol. The summed E-state index contributed by atoms with van der Waals surface area (Å²) in [7, 11) is 0. The number of ether oxygens (including phenoxy) is 1. The second-order valence-corrected chi connectivity index (χ2v) is 12.8. The molecule has 3 aromatic heterocycles. The van der Waals surface area contributed by atoms with Gasteiger partial charge in [0, 0.05) is 34.5 Å². The molecule has 0 spiro atoms. The molecule has 4 heterocycles. The van der Waals surface area contributed by atoms with E-state index in [1.807, 2.05) is 33.2 Å². The number of likely N-dealkylation sites (tertiary alicyclic amines) is 1. The molecule has 1 atom stereocenters. The van der Waals surface area contributed by atoms with Gasteiger partial charge in [0.15, 0.2) is 0 Å². The fourth-order valence-electron chi connectivity index (χ4n) is 6.25. The first-order valence-corrected chi connectivity index (χ1v) is 14.9. The molecule has 7 rings (SSSR count). The first-order chi connectivity index (χ1) is 20.1. The maximum Gasteiger partial charge on any atom is 0.410 e. The topological polar surface area (TPSA) is 100 Å². The highest BCUT2D eigenvalue weighted by molar-refractivity contribution is 5.92. The van der Waals surface area contributed by atoms with Crippen molar-refractivity contribution in [1.29, 1.82) is 0 Å². The number of nitrogens with one attached hydrogen (secondary N) is 2. The minimum atomic E-state index is -0.527. The molecule has 0 radical (unpaired) electrons. The van der Waals surface area contributed by atoms with Gasteiger partial charge in [-0.25, -0.2) is 14.8 Å². The molecule has 2 aromatic carbocycles. The van der Waals surface area contributed by atoms with Gasteiger partial charge < -0.3 is 19.1 Å². The molecule has 2 aliphatic rings. The molecular weight excluding hydrogens is 526 g/mol. The number of fused-ring (bicyclic) bond motifs is 5. The fraction of sp³-hybridized carbons (Fsp3) is 0.382.